The molecular weight excluding hydrogens is 700 g/mol. The number of rotatable bonds is 24. The molecule has 0 heterocycles. The van der Waals surface area contributed by atoms with Gasteiger partial charge in [-0.1, -0.05) is 30.3 Å². The second kappa shape index (κ2) is 22.3. The number of nitrogens with zero attached hydrogens (tertiary/aromatic N) is 1. The molecule has 0 aromatic heterocycles. The van der Waals surface area contributed by atoms with E-state index in [1.807, 2.05) is 0 Å². The third-order valence-electron chi connectivity index (χ3n) is 7.79. The van der Waals surface area contributed by atoms with Crippen molar-refractivity contribution in [2.24, 2.45) is 17.2 Å². The lowest BCUT2D eigenvalue weighted by Gasteiger charge is -2.37. The van der Waals surface area contributed by atoms with E-state index in [9.17, 15) is 53.4 Å². The van der Waals surface area contributed by atoms with E-state index in [-0.39, 0.29) is 19.4 Å². The van der Waals surface area contributed by atoms with Crippen molar-refractivity contribution in [3.8, 4) is 0 Å². The molecule has 1 aromatic rings. The van der Waals surface area contributed by atoms with E-state index >= 15 is 0 Å². The first kappa shape index (κ1) is 45.4. The van der Waals surface area contributed by atoms with Crippen LogP contribution in [0.4, 0.5) is 0 Å². The molecule has 0 unspecified atom stereocenters. The zero-order chi connectivity index (χ0) is 40.4. The first-order valence-corrected chi connectivity index (χ1v) is 16.8. The predicted octanol–water partition coefficient (Wildman–Crippen LogP) is -2.84. The van der Waals surface area contributed by atoms with Gasteiger partial charge in [0.05, 0.1) is 25.3 Å². The Kier molecular flexibility index (Phi) is 19.1. The Morgan fingerprint density at radius 3 is 1.75 bits per heavy atom. The molecule has 0 aliphatic rings. The lowest BCUT2D eigenvalue weighted by Crippen LogP contribution is -2.61. The molecule has 20 heteroatoms. The van der Waals surface area contributed by atoms with E-state index in [0.717, 1.165) is 4.90 Å². The third-order valence-corrected chi connectivity index (χ3v) is 7.79. The lowest BCUT2D eigenvalue weighted by molar-refractivity contribution is -0.147. The number of carboxylic acids is 3. The van der Waals surface area contributed by atoms with Gasteiger partial charge in [0.25, 0.3) is 0 Å². The third kappa shape index (κ3) is 16.1. The monoisotopic (exact) mass is 750 g/mol. The van der Waals surface area contributed by atoms with Crippen molar-refractivity contribution in [2.45, 2.75) is 108 Å². The Labute approximate surface area is 305 Å². The zero-order valence-corrected chi connectivity index (χ0v) is 29.8. The molecule has 53 heavy (non-hydrogen) atoms. The molecule has 6 atom stereocenters. The highest BCUT2D eigenvalue weighted by atomic mass is 16.4. The summed E-state index contributed by atoms with van der Waals surface area (Å²) in [6.07, 6.45) is -1.77. The average molecular weight is 751 g/mol. The van der Waals surface area contributed by atoms with Gasteiger partial charge in [-0.3, -0.25) is 38.4 Å². The molecule has 294 valence electrons. The van der Waals surface area contributed by atoms with E-state index in [1.165, 1.54) is 6.92 Å². The van der Waals surface area contributed by atoms with Crippen LogP contribution in [0.5, 0.6) is 0 Å². The smallest absolute Gasteiger partial charge is 0.326 e. The van der Waals surface area contributed by atoms with Crippen molar-refractivity contribution >= 4 is 53.4 Å². The zero-order valence-electron chi connectivity index (χ0n) is 29.8. The van der Waals surface area contributed by atoms with Crippen molar-refractivity contribution in [1.82, 2.24) is 26.2 Å². The minimum atomic E-state index is -1.76. The van der Waals surface area contributed by atoms with Crippen LogP contribution < -0.4 is 38.5 Å². The fraction of sp³-hybridized carbons (Fsp3) is 0.545. The minimum absolute atomic E-state index is 0.0336. The van der Waals surface area contributed by atoms with Crippen molar-refractivity contribution < 1.29 is 58.5 Å². The molecule has 0 fully saturated rings. The summed E-state index contributed by atoms with van der Waals surface area (Å²) in [4.78, 5) is 114. The van der Waals surface area contributed by atoms with Crippen LogP contribution in [0.1, 0.15) is 64.9 Å². The molecule has 20 nitrogen and oxygen atoms in total. The Hall–Kier alpha value is -5.63. The van der Waals surface area contributed by atoms with Gasteiger partial charge >= 0.3 is 17.9 Å². The number of amides is 6. The van der Waals surface area contributed by atoms with E-state index in [2.05, 4.69) is 21.3 Å². The number of carbonyl (C=O) groups is 9. The van der Waals surface area contributed by atoms with Crippen LogP contribution in [-0.4, -0.2) is 122 Å². The molecule has 0 aliphatic heterocycles. The molecule has 6 amide bonds. The van der Waals surface area contributed by atoms with Gasteiger partial charge in [0, 0.05) is 12.5 Å². The average Bonchev–Trinajstić information content (AvgIpc) is 3.06. The maximum absolute atomic E-state index is 14.1. The van der Waals surface area contributed by atoms with Crippen molar-refractivity contribution in [1.29, 1.82) is 0 Å². The van der Waals surface area contributed by atoms with Gasteiger partial charge in [-0.2, -0.15) is 0 Å². The van der Waals surface area contributed by atoms with E-state index in [4.69, 9.17) is 22.3 Å². The van der Waals surface area contributed by atoms with E-state index in [1.54, 1.807) is 44.2 Å². The summed E-state index contributed by atoms with van der Waals surface area (Å²) in [6, 6.07) is -1.44. The summed E-state index contributed by atoms with van der Waals surface area (Å²) in [7, 11) is 0. The van der Waals surface area contributed by atoms with Crippen LogP contribution >= 0.6 is 0 Å². The molecule has 0 aliphatic carbocycles. The Balaban J connectivity index is 3.43. The van der Waals surface area contributed by atoms with Crippen LogP contribution in [0.25, 0.3) is 0 Å². The highest BCUT2D eigenvalue weighted by Crippen LogP contribution is 2.17. The second-order valence-electron chi connectivity index (χ2n) is 12.6. The maximum atomic E-state index is 14.1. The van der Waals surface area contributed by atoms with Crippen LogP contribution in [0.15, 0.2) is 30.3 Å². The standard InChI is InChI=1S/C33H50N8O12/c1-17(2)41(32(51)18(3)37-29(48)22(16-27(45)46)38-28(47)20(35)14-26(43)44)24(11-7-8-12-34)31(50)39-21(13-19-9-5-4-6-10-19)30(49)40-23(33(52)53)15-25(36)42/h4-6,9-10,17-18,20-24H,7-8,11-16,34-35H2,1-3H3,(H2,36,42)(H,37,48)(H,38,47)(H,39,50)(H,40,49)(H,43,44)(H,45,46)(H,52,53)/t18-,20-,21-,22-,23-,24-/m0/s1. The number of nitrogens with two attached hydrogens (primary N) is 3. The van der Waals surface area contributed by atoms with Gasteiger partial charge < -0.3 is 58.7 Å². The first-order valence-electron chi connectivity index (χ1n) is 16.8. The van der Waals surface area contributed by atoms with Gasteiger partial charge in [0.2, 0.25) is 35.4 Å². The highest BCUT2D eigenvalue weighted by Gasteiger charge is 2.38. The summed E-state index contributed by atoms with van der Waals surface area (Å²) in [5.74, 6) is -10.3. The van der Waals surface area contributed by atoms with Crippen LogP contribution in [-0.2, 0) is 49.6 Å². The van der Waals surface area contributed by atoms with E-state index in [0.29, 0.717) is 18.4 Å². The number of unbranched alkanes of at least 4 members (excludes halogenated alkanes) is 1. The largest absolute Gasteiger partial charge is 0.481 e. The Bertz CT molecular complexity index is 1470. The fourth-order valence-corrected chi connectivity index (χ4v) is 5.19. The molecule has 0 bridgehead atoms. The van der Waals surface area contributed by atoms with Crippen LogP contribution in [0.3, 0.4) is 0 Å². The number of primary amides is 1. The molecule has 0 radical (unpaired) electrons. The molecule has 1 rings (SSSR count). The Morgan fingerprint density at radius 2 is 1.25 bits per heavy atom. The van der Waals surface area contributed by atoms with Crippen LogP contribution in [0.2, 0.25) is 0 Å². The SMILES string of the molecule is CC(C)N(C(=O)[C@H](C)NC(=O)[C@H](CC(=O)O)NC(=O)[C@@H](N)CC(=O)O)[C@@H](CCCCN)C(=O)N[C@@H](Cc1ccccc1)C(=O)N[C@@H](CC(N)=O)C(=O)O. The predicted molar refractivity (Wildman–Crippen MR) is 186 cm³/mol. The molecule has 0 saturated heterocycles. The first-order chi connectivity index (χ1) is 24.8. The highest BCUT2D eigenvalue weighted by molar-refractivity contribution is 5.98. The van der Waals surface area contributed by atoms with Gasteiger partial charge in [-0.05, 0) is 52.1 Å². The number of nitrogens with one attached hydrogen (secondary N) is 4. The number of aliphatic carboxylic acids is 3. The van der Waals surface area contributed by atoms with Crippen LogP contribution in [0, 0.1) is 0 Å². The maximum Gasteiger partial charge on any atom is 0.326 e. The van der Waals surface area contributed by atoms with E-state index < -0.39 is 115 Å². The number of carboxylic acid groups (broad SMARTS) is 3. The van der Waals surface area contributed by atoms with Crippen molar-refractivity contribution in [3.05, 3.63) is 35.9 Å². The van der Waals surface area contributed by atoms with Gasteiger partial charge in [-0.15, -0.1) is 0 Å². The lowest BCUT2D eigenvalue weighted by atomic mass is 10.0. The van der Waals surface area contributed by atoms with Crippen molar-refractivity contribution in [2.75, 3.05) is 6.54 Å². The summed E-state index contributed by atoms with van der Waals surface area (Å²) in [5, 5.41) is 37.0. The normalized spacial score (nSPS) is 14.3. The molecular formula is C33H50N8O12. The fourth-order valence-electron chi connectivity index (χ4n) is 5.19. The van der Waals surface area contributed by atoms with Crippen molar-refractivity contribution in [3.63, 3.8) is 0 Å². The molecule has 0 spiro atoms. The second-order valence-corrected chi connectivity index (χ2v) is 12.6. The summed E-state index contributed by atoms with van der Waals surface area (Å²) in [5.41, 5.74) is 16.9. The summed E-state index contributed by atoms with van der Waals surface area (Å²) < 4.78 is 0. The molecule has 0 saturated carbocycles. The van der Waals surface area contributed by atoms with Gasteiger partial charge in [-0.25, -0.2) is 4.79 Å². The Morgan fingerprint density at radius 1 is 0.698 bits per heavy atom. The number of benzene rings is 1. The van der Waals surface area contributed by atoms with Gasteiger partial charge in [0.1, 0.15) is 30.2 Å². The number of hydrogen-bond donors (Lipinski definition) is 10. The van der Waals surface area contributed by atoms with Gasteiger partial charge in [0.15, 0.2) is 0 Å². The molecule has 13 N–H and O–H groups in total. The number of hydrogen-bond acceptors (Lipinski definition) is 11. The quantitative estimate of drug-likeness (QED) is 0.0476. The summed E-state index contributed by atoms with van der Waals surface area (Å²) in [6.45, 7) is 4.68. The topological polar surface area (TPSA) is 344 Å². The summed E-state index contributed by atoms with van der Waals surface area (Å²) >= 11 is 0. The minimum Gasteiger partial charge on any atom is -0.481 e. The molecule has 1 aromatic carbocycles. The number of carbonyl (C=O) groups excluding carboxylic acids is 6.